The standard InChI is InChI=1S/C13H17N3O2/c1-9-8-15-12(16-9)11-4-2-10(3-5-11)6-7-18-13(14)17/h2-5,9H,6-8H2,1H3,(H2,14,17)(H,15,16). The Labute approximate surface area is 106 Å². The zero-order chi connectivity index (χ0) is 13.0. The zero-order valence-corrected chi connectivity index (χ0v) is 10.3. The summed E-state index contributed by atoms with van der Waals surface area (Å²) in [6, 6.07) is 8.39. The number of benzene rings is 1. The van der Waals surface area contributed by atoms with E-state index in [2.05, 4.69) is 17.2 Å². The first-order chi connectivity index (χ1) is 8.65. The van der Waals surface area contributed by atoms with Crippen molar-refractivity contribution in [2.75, 3.05) is 13.2 Å². The minimum atomic E-state index is -0.731. The van der Waals surface area contributed by atoms with E-state index in [-0.39, 0.29) is 0 Å². The second-order valence-corrected chi connectivity index (χ2v) is 4.32. The van der Waals surface area contributed by atoms with Gasteiger partial charge in [-0.15, -0.1) is 0 Å². The highest BCUT2D eigenvalue weighted by Gasteiger charge is 2.13. The van der Waals surface area contributed by atoms with E-state index in [9.17, 15) is 4.79 Å². The van der Waals surface area contributed by atoms with Gasteiger partial charge in [-0.1, -0.05) is 24.3 Å². The van der Waals surface area contributed by atoms with Gasteiger partial charge in [0.2, 0.25) is 0 Å². The molecule has 0 bridgehead atoms. The monoisotopic (exact) mass is 247 g/mol. The summed E-state index contributed by atoms with van der Waals surface area (Å²) in [4.78, 5) is 14.9. The number of rotatable bonds is 4. The van der Waals surface area contributed by atoms with Crippen molar-refractivity contribution in [3.05, 3.63) is 35.4 Å². The summed E-state index contributed by atoms with van der Waals surface area (Å²) in [5, 5.41) is 3.26. The number of carbonyl (C=O) groups excluding carboxylic acids is 1. The van der Waals surface area contributed by atoms with Crippen molar-refractivity contribution in [3.63, 3.8) is 0 Å². The van der Waals surface area contributed by atoms with Gasteiger partial charge in [-0.25, -0.2) is 4.79 Å². The molecule has 0 saturated carbocycles. The van der Waals surface area contributed by atoms with Gasteiger partial charge in [0, 0.05) is 18.5 Å². The number of amides is 1. The van der Waals surface area contributed by atoms with Crippen LogP contribution in [0.1, 0.15) is 18.1 Å². The summed E-state index contributed by atoms with van der Waals surface area (Å²) in [5.74, 6) is 0.947. The van der Waals surface area contributed by atoms with Gasteiger partial charge in [-0.3, -0.25) is 4.99 Å². The molecule has 5 nitrogen and oxygen atoms in total. The lowest BCUT2D eigenvalue weighted by Gasteiger charge is -2.05. The van der Waals surface area contributed by atoms with E-state index in [0.717, 1.165) is 23.5 Å². The van der Waals surface area contributed by atoms with E-state index >= 15 is 0 Å². The quantitative estimate of drug-likeness (QED) is 0.835. The topological polar surface area (TPSA) is 76.7 Å². The van der Waals surface area contributed by atoms with E-state index < -0.39 is 6.09 Å². The van der Waals surface area contributed by atoms with Crippen LogP contribution in [-0.2, 0) is 11.2 Å². The van der Waals surface area contributed by atoms with Gasteiger partial charge in [0.15, 0.2) is 0 Å². The highest BCUT2D eigenvalue weighted by molar-refractivity contribution is 5.99. The third-order valence-corrected chi connectivity index (χ3v) is 2.78. The lowest BCUT2D eigenvalue weighted by atomic mass is 10.1. The van der Waals surface area contributed by atoms with Gasteiger partial charge >= 0.3 is 6.09 Å². The Morgan fingerprint density at radius 2 is 2.22 bits per heavy atom. The maximum atomic E-state index is 10.4. The Balaban J connectivity index is 1.93. The molecule has 1 aromatic carbocycles. The van der Waals surface area contributed by atoms with Crippen LogP contribution in [0.3, 0.4) is 0 Å². The zero-order valence-electron chi connectivity index (χ0n) is 10.3. The average molecular weight is 247 g/mol. The molecule has 18 heavy (non-hydrogen) atoms. The van der Waals surface area contributed by atoms with Crippen LogP contribution >= 0.6 is 0 Å². The van der Waals surface area contributed by atoms with Crippen LogP contribution in [0, 0.1) is 0 Å². The number of nitrogens with one attached hydrogen (secondary N) is 1. The van der Waals surface area contributed by atoms with Crippen molar-refractivity contribution < 1.29 is 9.53 Å². The molecular formula is C13H17N3O2. The number of hydrogen-bond donors (Lipinski definition) is 2. The SMILES string of the molecule is CC1CNC(c2ccc(CCOC(N)=O)cc2)=N1. The van der Waals surface area contributed by atoms with Crippen LogP contribution in [-0.4, -0.2) is 31.1 Å². The summed E-state index contributed by atoms with van der Waals surface area (Å²) in [5.41, 5.74) is 7.08. The van der Waals surface area contributed by atoms with Crippen molar-refractivity contribution in [3.8, 4) is 0 Å². The first-order valence-corrected chi connectivity index (χ1v) is 5.98. The van der Waals surface area contributed by atoms with Crippen molar-refractivity contribution in [2.24, 2.45) is 10.7 Å². The smallest absolute Gasteiger partial charge is 0.404 e. The molecular weight excluding hydrogens is 230 g/mol. The van der Waals surface area contributed by atoms with Crippen molar-refractivity contribution in [1.82, 2.24) is 5.32 Å². The summed E-state index contributed by atoms with van der Waals surface area (Å²) in [7, 11) is 0. The van der Waals surface area contributed by atoms with Crippen molar-refractivity contribution >= 4 is 11.9 Å². The second kappa shape index (κ2) is 5.53. The highest BCUT2D eigenvalue weighted by atomic mass is 16.5. The minimum absolute atomic E-state index is 0.310. The Morgan fingerprint density at radius 3 is 2.78 bits per heavy atom. The van der Waals surface area contributed by atoms with Gasteiger partial charge in [0.25, 0.3) is 0 Å². The third-order valence-electron chi connectivity index (χ3n) is 2.78. The molecule has 1 heterocycles. The fraction of sp³-hybridized carbons (Fsp3) is 0.385. The van der Waals surface area contributed by atoms with Crippen LogP contribution in [0.25, 0.3) is 0 Å². The van der Waals surface area contributed by atoms with Crippen LogP contribution in [0.5, 0.6) is 0 Å². The summed E-state index contributed by atoms with van der Waals surface area (Å²) in [6.45, 7) is 3.28. The largest absolute Gasteiger partial charge is 0.449 e. The van der Waals surface area contributed by atoms with Gasteiger partial charge < -0.3 is 15.8 Å². The van der Waals surface area contributed by atoms with Crippen LogP contribution < -0.4 is 11.1 Å². The van der Waals surface area contributed by atoms with Gasteiger partial charge in [-0.05, 0) is 12.5 Å². The van der Waals surface area contributed by atoms with Crippen LogP contribution in [0.4, 0.5) is 4.79 Å². The molecule has 1 aliphatic rings. The molecule has 5 heteroatoms. The Bertz CT molecular complexity index is 454. The predicted octanol–water partition coefficient (Wildman–Crippen LogP) is 1.06. The number of primary amides is 1. The van der Waals surface area contributed by atoms with E-state index in [1.165, 1.54) is 0 Å². The Hall–Kier alpha value is -2.04. The number of carbonyl (C=O) groups is 1. The maximum absolute atomic E-state index is 10.4. The molecule has 0 aromatic heterocycles. The van der Waals surface area contributed by atoms with Gasteiger partial charge in [-0.2, -0.15) is 0 Å². The summed E-state index contributed by atoms with van der Waals surface area (Å²) >= 11 is 0. The molecule has 0 aliphatic carbocycles. The maximum Gasteiger partial charge on any atom is 0.404 e. The minimum Gasteiger partial charge on any atom is -0.449 e. The third kappa shape index (κ3) is 3.23. The number of aliphatic imine (C=N–C) groups is 1. The lowest BCUT2D eigenvalue weighted by Crippen LogP contribution is -2.20. The van der Waals surface area contributed by atoms with Crippen molar-refractivity contribution in [2.45, 2.75) is 19.4 Å². The number of nitrogens with zero attached hydrogens (tertiary/aromatic N) is 1. The molecule has 0 radical (unpaired) electrons. The molecule has 1 atom stereocenters. The molecule has 1 amide bonds. The highest BCUT2D eigenvalue weighted by Crippen LogP contribution is 2.09. The normalized spacial score (nSPS) is 18.1. The van der Waals surface area contributed by atoms with E-state index in [4.69, 9.17) is 10.5 Å². The van der Waals surface area contributed by atoms with E-state index in [1.54, 1.807) is 0 Å². The number of ether oxygens (including phenoxy) is 1. The molecule has 0 fully saturated rings. The summed E-state index contributed by atoms with van der Waals surface area (Å²) < 4.78 is 4.69. The predicted molar refractivity (Wildman–Crippen MR) is 69.7 cm³/mol. The summed E-state index contributed by atoms with van der Waals surface area (Å²) in [6.07, 6.45) is -0.0652. The molecule has 96 valence electrons. The second-order valence-electron chi connectivity index (χ2n) is 4.32. The average Bonchev–Trinajstić information content (AvgIpc) is 2.76. The van der Waals surface area contributed by atoms with Crippen LogP contribution in [0.15, 0.2) is 29.3 Å². The molecule has 1 aliphatic heterocycles. The number of nitrogens with two attached hydrogens (primary N) is 1. The molecule has 1 aromatic rings. The molecule has 3 N–H and O–H groups in total. The lowest BCUT2D eigenvalue weighted by molar-refractivity contribution is 0.158. The number of amidine groups is 1. The van der Waals surface area contributed by atoms with E-state index in [1.807, 2.05) is 24.3 Å². The molecule has 1 unspecified atom stereocenters. The molecule has 2 rings (SSSR count). The first-order valence-electron chi connectivity index (χ1n) is 5.98. The van der Waals surface area contributed by atoms with Crippen molar-refractivity contribution in [1.29, 1.82) is 0 Å². The van der Waals surface area contributed by atoms with Gasteiger partial charge in [0.1, 0.15) is 5.84 Å². The Morgan fingerprint density at radius 1 is 1.50 bits per heavy atom. The first kappa shape index (κ1) is 12.4. The van der Waals surface area contributed by atoms with Gasteiger partial charge in [0.05, 0.1) is 12.6 Å². The fourth-order valence-electron chi connectivity index (χ4n) is 1.83. The number of hydrogen-bond acceptors (Lipinski definition) is 4. The van der Waals surface area contributed by atoms with Crippen LogP contribution in [0.2, 0.25) is 0 Å². The Kier molecular flexibility index (Phi) is 3.82. The van der Waals surface area contributed by atoms with E-state index in [0.29, 0.717) is 19.1 Å². The fourth-order valence-corrected chi connectivity index (χ4v) is 1.83. The molecule has 0 spiro atoms. The molecule has 0 saturated heterocycles.